The number of hydrogen-bond donors (Lipinski definition) is 1. The topological polar surface area (TPSA) is 33.7 Å². The molecule has 3 aromatic carbocycles. The van der Waals surface area contributed by atoms with Crippen molar-refractivity contribution in [2.45, 2.75) is 89.3 Å². The molecule has 0 aliphatic carbocycles. The van der Waals surface area contributed by atoms with Crippen molar-refractivity contribution in [1.29, 1.82) is 0 Å². The van der Waals surface area contributed by atoms with Crippen LogP contribution in [-0.2, 0) is 13.0 Å². The summed E-state index contributed by atoms with van der Waals surface area (Å²) >= 11 is 0. The van der Waals surface area contributed by atoms with E-state index in [2.05, 4.69) is 5.32 Å². The van der Waals surface area contributed by atoms with E-state index in [1.807, 2.05) is 30.3 Å². The van der Waals surface area contributed by atoms with E-state index in [9.17, 15) is 13.2 Å². The lowest BCUT2D eigenvalue weighted by molar-refractivity contribution is -0.155. The third-order valence-electron chi connectivity index (χ3n) is 8.57. The molecule has 0 amide bonds. The lowest BCUT2D eigenvalue weighted by Gasteiger charge is -2.42. The maximum absolute atomic E-state index is 15.9. The van der Waals surface area contributed by atoms with Crippen LogP contribution in [0.4, 0.5) is 22.0 Å². The second kappa shape index (κ2) is 14.7. The van der Waals surface area contributed by atoms with E-state index in [1.165, 1.54) is 0 Å². The Morgan fingerprint density at radius 3 is 2.23 bits per heavy atom. The molecule has 5 rings (SSSR count). The first-order valence-corrected chi connectivity index (χ1v) is 15.7. The Labute approximate surface area is 256 Å². The molecule has 2 aliphatic heterocycles. The fourth-order valence-corrected chi connectivity index (χ4v) is 6.39. The van der Waals surface area contributed by atoms with Gasteiger partial charge in [0.15, 0.2) is 0 Å². The minimum absolute atomic E-state index is 0.0675. The van der Waals surface area contributed by atoms with Crippen LogP contribution in [0.25, 0.3) is 0 Å². The summed E-state index contributed by atoms with van der Waals surface area (Å²) in [5.41, 5.74) is 1.71. The number of alkyl halides is 3. The SMILES string of the molecule is C[C@@H]1Cc2cc(OCc3ccccc3)ccc2C(c2c(F)cc(OC3CCCCCNCCCC3)cc2F)N1CC(F)(F)F. The third kappa shape index (κ3) is 8.51. The average molecular weight is 617 g/mol. The van der Waals surface area contributed by atoms with Crippen molar-refractivity contribution in [3.63, 3.8) is 0 Å². The van der Waals surface area contributed by atoms with Crippen molar-refractivity contribution in [1.82, 2.24) is 10.2 Å². The van der Waals surface area contributed by atoms with Crippen molar-refractivity contribution < 1.29 is 31.4 Å². The van der Waals surface area contributed by atoms with Gasteiger partial charge in [0.2, 0.25) is 0 Å². The van der Waals surface area contributed by atoms with Gasteiger partial charge in [0.1, 0.15) is 29.7 Å². The molecule has 2 aliphatic rings. The van der Waals surface area contributed by atoms with E-state index in [1.54, 1.807) is 25.1 Å². The maximum atomic E-state index is 15.9. The molecular formula is C35H41F5N2O2. The van der Waals surface area contributed by atoms with Crippen molar-refractivity contribution in [2.75, 3.05) is 19.6 Å². The van der Waals surface area contributed by atoms with Gasteiger partial charge in [-0.15, -0.1) is 0 Å². The molecule has 2 heterocycles. The molecule has 44 heavy (non-hydrogen) atoms. The predicted molar refractivity (Wildman–Crippen MR) is 161 cm³/mol. The van der Waals surface area contributed by atoms with E-state index in [-0.39, 0.29) is 18.3 Å². The summed E-state index contributed by atoms with van der Waals surface area (Å²) in [7, 11) is 0. The highest BCUT2D eigenvalue weighted by atomic mass is 19.4. The molecule has 3 aromatic rings. The predicted octanol–water partition coefficient (Wildman–Crippen LogP) is 8.52. The monoisotopic (exact) mass is 616 g/mol. The van der Waals surface area contributed by atoms with Crippen molar-refractivity contribution in [3.8, 4) is 11.5 Å². The lowest BCUT2D eigenvalue weighted by Crippen LogP contribution is -2.47. The van der Waals surface area contributed by atoms with Crippen LogP contribution < -0.4 is 14.8 Å². The summed E-state index contributed by atoms with van der Waals surface area (Å²) in [4.78, 5) is 1.15. The highest BCUT2D eigenvalue weighted by Crippen LogP contribution is 2.43. The molecule has 9 heteroatoms. The molecule has 4 nitrogen and oxygen atoms in total. The lowest BCUT2D eigenvalue weighted by atomic mass is 9.84. The van der Waals surface area contributed by atoms with Gasteiger partial charge in [-0.3, -0.25) is 4.90 Å². The second-order valence-corrected chi connectivity index (χ2v) is 12.0. The molecular weight excluding hydrogens is 575 g/mol. The first-order chi connectivity index (χ1) is 21.2. The Balaban J connectivity index is 1.43. The summed E-state index contributed by atoms with van der Waals surface area (Å²) in [6, 6.07) is 15.0. The van der Waals surface area contributed by atoms with Gasteiger partial charge in [-0.25, -0.2) is 8.78 Å². The Bertz CT molecular complexity index is 1330. The van der Waals surface area contributed by atoms with Gasteiger partial charge in [0.05, 0.1) is 18.7 Å². The normalized spacial score (nSPS) is 22.1. The van der Waals surface area contributed by atoms with Crippen LogP contribution in [0.3, 0.4) is 0 Å². The Morgan fingerprint density at radius 1 is 0.841 bits per heavy atom. The van der Waals surface area contributed by atoms with E-state index in [4.69, 9.17) is 9.47 Å². The summed E-state index contributed by atoms with van der Waals surface area (Å²) in [6.45, 7) is 2.60. The average Bonchev–Trinajstić information content (AvgIpc) is 3.03. The summed E-state index contributed by atoms with van der Waals surface area (Å²) in [6.07, 6.45) is 2.11. The first kappa shape index (κ1) is 32.2. The van der Waals surface area contributed by atoms with Gasteiger partial charge in [0, 0.05) is 23.7 Å². The zero-order chi connectivity index (χ0) is 31.1. The Hall–Kier alpha value is -3.17. The number of nitrogens with one attached hydrogen (secondary N) is 1. The van der Waals surface area contributed by atoms with E-state index in [0.29, 0.717) is 23.5 Å². The molecule has 3 atom stereocenters. The number of fused-ring (bicyclic) bond motifs is 1. The van der Waals surface area contributed by atoms with Gasteiger partial charge in [-0.2, -0.15) is 13.2 Å². The molecule has 1 saturated heterocycles. The van der Waals surface area contributed by atoms with Crippen molar-refractivity contribution in [2.24, 2.45) is 0 Å². The Kier molecular flexibility index (Phi) is 10.8. The maximum Gasteiger partial charge on any atom is 0.401 e. The smallest absolute Gasteiger partial charge is 0.401 e. The highest BCUT2D eigenvalue weighted by molar-refractivity contribution is 5.46. The van der Waals surface area contributed by atoms with Gasteiger partial charge < -0.3 is 14.8 Å². The van der Waals surface area contributed by atoms with Gasteiger partial charge >= 0.3 is 6.18 Å². The molecule has 2 unspecified atom stereocenters. The third-order valence-corrected chi connectivity index (χ3v) is 8.57. The van der Waals surface area contributed by atoms with E-state index >= 15 is 8.78 Å². The second-order valence-electron chi connectivity index (χ2n) is 12.0. The summed E-state index contributed by atoms with van der Waals surface area (Å²) in [5.74, 6) is -1.22. The molecule has 0 spiro atoms. The highest BCUT2D eigenvalue weighted by Gasteiger charge is 2.42. The summed E-state index contributed by atoms with van der Waals surface area (Å²) in [5, 5.41) is 3.42. The first-order valence-electron chi connectivity index (χ1n) is 15.7. The van der Waals surface area contributed by atoms with Crippen LogP contribution in [0.5, 0.6) is 11.5 Å². The number of halogens is 5. The minimum atomic E-state index is -4.55. The van der Waals surface area contributed by atoms with Gasteiger partial charge in [-0.05, 0) is 93.8 Å². The van der Waals surface area contributed by atoms with Crippen LogP contribution in [0.15, 0.2) is 60.7 Å². The quantitative estimate of drug-likeness (QED) is 0.270. The standard InChI is InChI=1S/C35H41F5N2O2/c1-24-18-26-19-28(43-22-25-10-4-2-5-11-25)14-15-30(26)34(42(24)23-35(38,39)40)33-31(36)20-29(21-32(33)37)44-27-12-6-3-8-16-41-17-9-7-13-27/h2,4-5,10-11,14-15,19-21,24,27,34,41H,3,6-9,12-13,16-18,22-23H2,1H3/t24-,27?,34?/m1/s1. The molecule has 0 aromatic heterocycles. The molecule has 0 radical (unpaired) electrons. The van der Waals surface area contributed by atoms with Crippen LogP contribution in [-0.4, -0.2) is 42.9 Å². The van der Waals surface area contributed by atoms with E-state index in [0.717, 1.165) is 80.6 Å². The minimum Gasteiger partial charge on any atom is -0.490 e. The van der Waals surface area contributed by atoms with E-state index < -0.39 is 42.0 Å². The number of hydrogen-bond acceptors (Lipinski definition) is 4. The summed E-state index contributed by atoms with van der Waals surface area (Å²) < 4.78 is 85.3. The zero-order valence-electron chi connectivity index (χ0n) is 25.1. The fraction of sp³-hybridized carbons (Fsp3) is 0.486. The van der Waals surface area contributed by atoms with Gasteiger partial charge in [-0.1, -0.05) is 42.8 Å². The van der Waals surface area contributed by atoms with Crippen LogP contribution >= 0.6 is 0 Å². The largest absolute Gasteiger partial charge is 0.490 e. The number of ether oxygens (including phenoxy) is 2. The van der Waals surface area contributed by atoms with Crippen LogP contribution in [0, 0.1) is 11.6 Å². The number of benzene rings is 3. The molecule has 238 valence electrons. The fourth-order valence-electron chi connectivity index (χ4n) is 6.39. The van der Waals surface area contributed by atoms with Crippen LogP contribution in [0.1, 0.15) is 80.2 Å². The molecule has 0 saturated carbocycles. The number of nitrogens with zero attached hydrogens (tertiary/aromatic N) is 1. The van der Waals surface area contributed by atoms with Crippen molar-refractivity contribution in [3.05, 3.63) is 94.6 Å². The molecule has 0 bridgehead atoms. The van der Waals surface area contributed by atoms with Gasteiger partial charge in [0.25, 0.3) is 0 Å². The van der Waals surface area contributed by atoms with Crippen LogP contribution in [0.2, 0.25) is 0 Å². The number of rotatable bonds is 7. The Morgan fingerprint density at radius 2 is 1.52 bits per heavy atom. The molecule has 1 fully saturated rings. The van der Waals surface area contributed by atoms with Crippen molar-refractivity contribution >= 4 is 0 Å². The zero-order valence-corrected chi connectivity index (χ0v) is 25.1. The molecule has 1 N–H and O–H groups in total.